The average molecular weight is 192 g/mol. The van der Waals surface area contributed by atoms with E-state index in [2.05, 4.69) is 0 Å². The molecule has 14 heavy (non-hydrogen) atoms. The van der Waals surface area contributed by atoms with E-state index in [9.17, 15) is 0 Å². The van der Waals surface area contributed by atoms with Gasteiger partial charge in [-0.2, -0.15) is 5.26 Å². The molecule has 74 valence electrons. The number of aliphatic hydroxyl groups is 1. The van der Waals surface area contributed by atoms with Gasteiger partial charge in [-0.05, 0) is 18.6 Å². The van der Waals surface area contributed by atoms with Crippen molar-refractivity contribution < 1.29 is 9.84 Å². The van der Waals surface area contributed by atoms with Gasteiger partial charge in [0.25, 0.3) is 0 Å². The molecule has 4 heteroatoms. The van der Waals surface area contributed by atoms with Crippen LogP contribution in [-0.4, -0.2) is 18.3 Å². The summed E-state index contributed by atoms with van der Waals surface area (Å²) in [5.41, 5.74) is 7.30. The molecular weight excluding hydrogens is 180 g/mol. The normalized spacial score (nSPS) is 9.50. The molecule has 4 nitrogen and oxygen atoms in total. The van der Waals surface area contributed by atoms with Crippen molar-refractivity contribution in [3.8, 4) is 11.8 Å². The minimum absolute atomic E-state index is 0.0499. The standard InChI is InChI=1S/C10H12N2O2/c1-7-4-9(12)8(6-11)5-10(7)14-3-2-13/h4-5,13H,2-3,12H2,1H3. The first-order chi connectivity index (χ1) is 6.69. The van der Waals surface area contributed by atoms with Crippen molar-refractivity contribution in [1.82, 2.24) is 0 Å². The van der Waals surface area contributed by atoms with Crippen LogP contribution in [0.3, 0.4) is 0 Å². The molecule has 0 aliphatic carbocycles. The molecule has 0 heterocycles. The van der Waals surface area contributed by atoms with Crippen molar-refractivity contribution in [3.05, 3.63) is 23.3 Å². The average Bonchev–Trinajstić information content (AvgIpc) is 2.17. The van der Waals surface area contributed by atoms with Crippen molar-refractivity contribution in [2.24, 2.45) is 0 Å². The van der Waals surface area contributed by atoms with Crippen molar-refractivity contribution in [3.63, 3.8) is 0 Å². The zero-order valence-electron chi connectivity index (χ0n) is 7.95. The van der Waals surface area contributed by atoms with Gasteiger partial charge < -0.3 is 15.6 Å². The monoisotopic (exact) mass is 192 g/mol. The molecule has 1 rings (SSSR count). The van der Waals surface area contributed by atoms with E-state index in [1.807, 2.05) is 13.0 Å². The summed E-state index contributed by atoms with van der Waals surface area (Å²) in [4.78, 5) is 0. The molecule has 0 radical (unpaired) electrons. The SMILES string of the molecule is Cc1cc(N)c(C#N)cc1OCCO. The molecule has 0 saturated heterocycles. The van der Waals surface area contributed by atoms with E-state index >= 15 is 0 Å². The first-order valence-electron chi connectivity index (χ1n) is 4.23. The lowest BCUT2D eigenvalue weighted by atomic mass is 10.1. The Hall–Kier alpha value is -1.73. The first kappa shape index (κ1) is 10.4. The second-order valence-corrected chi connectivity index (χ2v) is 2.89. The van der Waals surface area contributed by atoms with Gasteiger partial charge in [0.15, 0.2) is 0 Å². The van der Waals surface area contributed by atoms with Crippen LogP contribution in [0.1, 0.15) is 11.1 Å². The van der Waals surface area contributed by atoms with Crippen molar-refractivity contribution in [2.75, 3.05) is 18.9 Å². The highest BCUT2D eigenvalue weighted by Crippen LogP contribution is 2.24. The number of aryl methyl sites for hydroxylation is 1. The van der Waals surface area contributed by atoms with Crippen LogP contribution in [-0.2, 0) is 0 Å². The minimum Gasteiger partial charge on any atom is -0.491 e. The zero-order chi connectivity index (χ0) is 10.6. The molecule has 0 saturated carbocycles. The number of rotatable bonds is 3. The second-order valence-electron chi connectivity index (χ2n) is 2.89. The molecule has 3 N–H and O–H groups in total. The fourth-order valence-electron chi connectivity index (χ4n) is 1.12. The van der Waals surface area contributed by atoms with Gasteiger partial charge in [-0.3, -0.25) is 0 Å². The quantitative estimate of drug-likeness (QED) is 0.695. The van der Waals surface area contributed by atoms with E-state index < -0.39 is 0 Å². The van der Waals surface area contributed by atoms with Crippen LogP contribution < -0.4 is 10.5 Å². The fraction of sp³-hybridized carbons (Fsp3) is 0.300. The van der Waals surface area contributed by atoms with Gasteiger partial charge in [-0.1, -0.05) is 0 Å². The van der Waals surface area contributed by atoms with E-state index in [0.717, 1.165) is 5.56 Å². The summed E-state index contributed by atoms with van der Waals surface area (Å²) in [5.74, 6) is 0.588. The van der Waals surface area contributed by atoms with Crippen LogP contribution in [0, 0.1) is 18.3 Å². The smallest absolute Gasteiger partial charge is 0.123 e. The zero-order valence-corrected chi connectivity index (χ0v) is 7.95. The molecule has 0 spiro atoms. The van der Waals surface area contributed by atoms with E-state index in [0.29, 0.717) is 17.0 Å². The summed E-state index contributed by atoms with van der Waals surface area (Å²) in [7, 11) is 0. The Labute approximate surface area is 82.5 Å². The summed E-state index contributed by atoms with van der Waals surface area (Å²) in [5, 5.41) is 17.3. The van der Waals surface area contributed by atoms with Crippen LogP contribution in [0.15, 0.2) is 12.1 Å². The Morgan fingerprint density at radius 1 is 1.57 bits per heavy atom. The number of anilines is 1. The molecule has 1 aromatic carbocycles. The molecule has 0 atom stereocenters. The lowest BCUT2D eigenvalue weighted by Gasteiger charge is -2.09. The molecule has 1 aromatic rings. The molecule has 0 aliphatic heterocycles. The highest BCUT2D eigenvalue weighted by atomic mass is 16.5. The molecule has 0 bridgehead atoms. The second kappa shape index (κ2) is 4.49. The predicted octanol–water partition coefficient (Wildman–Crippen LogP) is 0.820. The van der Waals surface area contributed by atoms with Gasteiger partial charge in [0.05, 0.1) is 12.2 Å². The predicted molar refractivity (Wildman–Crippen MR) is 52.9 cm³/mol. The summed E-state index contributed by atoms with van der Waals surface area (Å²) >= 11 is 0. The lowest BCUT2D eigenvalue weighted by molar-refractivity contribution is 0.200. The number of aliphatic hydroxyl groups excluding tert-OH is 1. The lowest BCUT2D eigenvalue weighted by Crippen LogP contribution is -2.04. The number of nitrogens with two attached hydrogens (primary N) is 1. The Morgan fingerprint density at radius 2 is 2.29 bits per heavy atom. The fourth-order valence-corrected chi connectivity index (χ4v) is 1.12. The third-order valence-electron chi connectivity index (χ3n) is 1.82. The maximum absolute atomic E-state index is 8.72. The van der Waals surface area contributed by atoms with Gasteiger partial charge in [0, 0.05) is 11.8 Å². The Kier molecular flexibility index (Phi) is 3.32. The topological polar surface area (TPSA) is 79.3 Å². The van der Waals surface area contributed by atoms with Crippen molar-refractivity contribution in [1.29, 1.82) is 5.26 Å². The number of nitrogen functional groups attached to an aromatic ring is 1. The van der Waals surface area contributed by atoms with E-state index in [1.54, 1.807) is 12.1 Å². The number of benzene rings is 1. The molecule has 0 aliphatic rings. The molecule has 0 unspecified atom stereocenters. The maximum Gasteiger partial charge on any atom is 0.123 e. The molecule has 0 aromatic heterocycles. The first-order valence-corrected chi connectivity index (χ1v) is 4.23. The Morgan fingerprint density at radius 3 is 2.86 bits per heavy atom. The molecule has 0 fully saturated rings. The van der Waals surface area contributed by atoms with Gasteiger partial charge in [-0.25, -0.2) is 0 Å². The number of hydrogen-bond donors (Lipinski definition) is 2. The minimum atomic E-state index is -0.0499. The van der Waals surface area contributed by atoms with E-state index in [1.165, 1.54) is 0 Å². The van der Waals surface area contributed by atoms with Crippen LogP contribution >= 0.6 is 0 Å². The third kappa shape index (κ3) is 2.15. The number of hydrogen-bond acceptors (Lipinski definition) is 4. The highest BCUT2D eigenvalue weighted by Gasteiger charge is 2.05. The van der Waals surface area contributed by atoms with Gasteiger partial charge in [0.1, 0.15) is 18.4 Å². The molecular formula is C10H12N2O2. The third-order valence-corrected chi connectivity index (χ3v) is 1.82. The summed E-state index contributed by atoms with van der Waals surface area (Å²) in [6.07, 6.45) is 0. The van der Waals surface area contributed by atoms with Gasteiger partial charge >= 0.3 is 0 Å². The summed E-state index contributed by atoms with van der Waals surface area (Å²) in [6.45, 7) is 2.01. The highest BCUT2D eigenvalue weighted by molar-refractivity contribution is 5.59. The van der Waals surface area contributed by atoms with Crippen molar-refractivity contribution >= 4 is 5.69 Å². The van der Waals surface area contributed by atoms with E-state index in [4.69, 9.17) is 20.8 Å². The van der Waals surface area contributed by atoms with Crippen LogP contribution in [0.25, 0.3) is 0 Å². The number of nitrogens with zero attached hydrogens (tertiary/aromatic N) is 1. The van der Waals surface area contributed by atoms with Crippen LogP contribution in [0.2, 0.25) is 0 Å². The van der Waals surface area contributed by atoms with Gasteiger partial charge in [0.2, 0.25) is 0 Å². The van der Waals surface area contributed by atoms with E-state index in [-0.39, 0.29) is 13.2 Å². The Balaban J connectivity index is 3.00. The summed E-state index contributed by atoms with van der Waals surface area (Å²) < 4.78 is 5.23. The summed E-state index contributed by atoms with van der Waals surface area (Å²) in [6, 6.07) is 5.24. The number of nitriles is 1. The van der Waals surface area contributed by atoms with Crippen LogP contribution in [0.5, 0.6) is 5.75 Å². The van der Waals surface area contributed by atoms with Crippen molar-refractivity contribution in [2.45, 2.75) is 6.92 Å². The Bertz CT molecular complexity index is 369. The largest absolute Gasteiger partial charge is 0.491 e. The van der Waals surface area contributed by atoms with Gasteiger partial charge in [-0.15, -0.1) is 0 Å². The van der Waals surface area contributed by atoms with Crippen LogP contribution in [0.4, 0.5) is 5.69 Å². The maximum atomic E-state index is 8.72. The number of ether oxygens (including phenoxy) is 1. The molecule has 0 amide bonds.